The molecule has 0 bridgehead atoms. The summed E-state index contributed by atoms with van der Waals surface area (Å²) in [5.74, 6) is -2.57. The molecule has 0 heterocycles. The lowest BCUT2D eigenvalue weighted by molar-refractivity contribution is -0.140. The normalized spacial score (nSPS) is 23.2. The fourth-order valence-electron chi connectivity index (χ4n) is 2.42. The van der Waals surface area contributed by atoms with Gasteiger partial charge in [-0.3, -0.25) is 9.59 Å². The minimum atomic E-state index is -0.963. The van der Waals surface area contributed by atoms with Crippen LogP contribution in [0.15, 0.2) is 16.6 Å². The number of rotatable bonds is 3. The second kappa shape index (κ2) is 5.20. The van der Waals surface area contributed by atoms with Crippen molar-refractivity contribution < 1.29 is 14.7 Å². The Morgan fingerprint density at radius 1 is 1.25 bits per heavy atom. The van der Waals surface area contributed by atoms with Crippen LogP contribution in [0.4, 0.5) is 5.69 Å². The molecule has 0 saturated heterocycles. The summed E-state index contributed by atoms with van der Waals surface area (Å²) in [5, 5.41) is 12.2. The number of anilines is 1. The molecule has 0 aliphatic heterocycles. The molecule has 1 amide bonds. The summed E-state index contributed by atoms with van der Waals surface area (Å²) in [5.41, 5.74) is -0.182. The molecule has 1 fully saturated rings. The first-order valence-electron chi connectivity index (χ1n) is 5.85. The van der Waals surface area contributed by atoms with Crippen LogP contribution in [0.3, 0.4) is 0 Å². The third-order valence-corrected chi connectivity index (χ3v) is 5.44. The van der Waals surface area contributed by atoms with E-state index in [1.807, 2.05) is 0 Å². The van der Waals surface area contributed by atoms with Gasteiger partial charge in [0.05, 0.1) is 27.6 Å². The molecule has 1 aromatic rings. The van der Waals surface area contributed by atoms with Crippen molar-refractivity contribution in [3.63, 3.8) is 0 Å². The first-order valence-corrected chi connectivity index (χ1v) is 7.40. The molecule has 0 aromatic heterocycles. The van der Waals surface area contributed by atoms with E-state index in [1.165, 1.54) is 0 Å². The number of carbonyl (C=O) groups is 2. The largest absolute Gasteiger partial charge is 0.481 e. The zero-order valence-electron chi connectivity index (χ0n) is 10.7. The molecule has 0 unspecified atom stereocenters. The Morgan fingerprint density at radius 2 is 1.85 bits per heavy atom. The van der Waals surface area contributed by atoms with Gasteiger partial charge in [-0.05, 0) is 33.5 Å². The fourth-order valence-corrected chi connectivity index (χ4v) is 3.24. The molecule has 0 radical (unpaired) electrons. The van der Waals surface area contributed by atoms with Gasteiger partial charge in [0.1, 0.15) is 0 Å². The summed E-state index contributed by atoms with van der Waals surface area (Å²) < 4.78 is 0.623. The second-order valence-corrected chi connectivity index (χ2v) is 6.94. The van der Waals surface area contributed by atoms with Crippen LogP contribution in [0.5, 0.6) is 0 Å². The highest BCUT2D eigenvalue weighted by Crippen LogP contribution is 2.58. The van der Waals surface area contributed by atoms with Crippen molar-refractivity contribution in [2.75, 3.05) is 5.32 Å². The molecule has 7 heteroatoms. The van der Waals surface area contributed by atoms with Crippen LogP contribution in [0, 0.1) is 17.3 Å². The monoisotopic (exact) mass is 379 g/mol. The van der Waals surface area contributed by atoms with Crippen LogP contribution in [0.1, 0.15) is 13.8 Å². The number of aliphatic carboxylic acids is 1. The van der Waals surface area contributed by atoms with Crippen LogP contribution in [-0.2, 0) is 9.59 Å². The molecule has 0 spiro atoms. The summed E-state index contributed by atoms with van der Waals surface area (Å²) in [6, 6.07) is 3.28. The van der Waals surface area contributed by atoms with E-state index in [0.717, 1.165) is 0 Å². The van der Waals surface area contributed by atoms with E-state index in [9.17, 15) is 9.59 Å². The number of carboxylic acids is 1. The number of carboxylic acid groups (broad SMARTS) is 1. The maximum atomic E-state index is 12.2. The maximum absolute atomic E-state index is 12.2. The average molecular weight is 381 g/mol. The van der Waals surface area contributed by atoms with E-state index in [0.29, 0.717) is 15.2 Å². The molecule has 2 atom stereocenters. The van der Waals surface area contributed by atoms with E-state index in [2.05, 4.69) is 21.2 Å². The maximum Gasteiger partial charge on any atom is 0.307 e. The number of hydrogen-bond donors (Lipinski definition) is 2. The highest BCUT2D eigenvalue weighted by Gasteiger charge is 2.65. The number of amides is 1. The molecule has 1 aliphatic carbocycles. The fraction of sp³-hybridized carbons (Fsp3) is 0.385. The van der Waals surface area contributed by atoms with Gasteiger partial charge < -0.3 is 10.4 Å². The van der Waals surface area contributed by atoms with Crippen LogP contribution < -0.4 is 5.32 Å². The highest BCUT2D eigenvalue weighted by atomic mass is 79.9. The van der Waals surface area contributed by atoms with Gasteiger partial charge in [0, 0.05) is 4.47 Å². The summed E-state index contributed by atoms with van der Waals surface area (Å²) in [6.45, 7) is 3.51. The minimum absolute atomic E-state index is 0.222. The van der Waals surface area contributed by atoms with Gasteiger partial charge in [-0.15, -0.1) is 0 Å². The van der Waals surface area contributed by atoms with E-state index < -0.39 is 23.2 Å². The Balaban J connectivity index is 2.18. The van der Waals surface area contributed by atoms with Crippen molar-refractivity contribution in [3.8, 4) is 0 Å². The van der Waals surface area contributed by atoms with Crippen molar-refractivity contribution in [2.45, 2.75) is 13.8 Å². The first-order chi connectivity index (χ1) is 9.17. The van der Waals surface area contributed by atoms with Crippen LogP contribution in [0.2, 0.25) is 10.0 Å². The Hall–Kier alpha value is -0.780. The molecule has 2 N–H and O–H groups in total. The molecule has 2 rings (SSSR count). The quantitative estimate of drug-likeness (QED) is 0.777. The molecular formula is C13H12BrCl2NO3. The number of hydrogen-bond acceptors (Lipinski definition) is 2. The van der Waals surface area contributed by atoms with Gasteiger partial charge in [0.15, 0.2) is 0 Å². The van der Waals surface area contributed by atoms with Crippen LogP contribution >= 0.6 is 39.1 Å². The first kappa shape index (κ1) is 15.6. The Labute approximate surface area is 134 Å². The van der Waals surface area contributed by atoms with Gasteiger partial charge >= 0.3 is 5.97 Å². The van der Waals surface area contributed by atoms with Crippen LogP contribution in [-0.4, -0.2) is 17.0 Å². The number of nitrogens with one attached hydrogen (secondary N) is 1. The predicted molar refractivity (Wildman–Crippen MR) is 81.2 cm³/mol. The Bertz CT molecular complexity index is 604. The van der Waals surface area contributed by atoms with E-state index >= 15 is 0 Å². The summed E-state index contributed by atoms with van der Waals surface area (Å²) in [7, 11) is 0. The van der Waals surface area contributed by atoms with Gasteiger partial charge in [-0.1, -0.05) is 37.0 Å². The number of benzene rings is 1. The molecule has 108 valence electrons. The zero-order valence-corrected chi connectivity index (χ0v) is 13.8. The molecule has 1 aromatic carbocycles. The van der Waals surface area contributed by atoms with Crippen molar-refractivity contribution in [1.29, 1.82) is 0 Å². The Morgan fingerprint density at radius 3 is 2.35 bits per heavy atom. The standard InChI is InChI=1S/C13H12BrCl2NO3/c1-13(2)7(8(13)12(19)20)11(18)17-6-4-3-5(14)9(15)10(6)16/h3-4,7-8H,1-2H3,(H,17,18)(H,19,20)/t7-,8+/m1/s1. The summed E-state index contributed by atoms with van der Waals surface area (Å²) in [6.07, 6.45) is 0. The van der Waals surface area contributed by atoms with Crippen molar-refractivity contribution >= 4 is 56.7 Å². The van der Waals surface area contributed by atoms with E-state index in [1.54, 1.807) is 26.0 Å². The van der Waals surface area contributed by atoms with Gasteiger partial charge in [0.25, 0.3) is 0 Å². The Kier molecular flexibility index (Phi) is 4.06. The summed E-state index contributed by atoms with van der Waals surface area (Å²) in [4.78, 5) is 23.2. The summed E-state index contributed by atoms with van der Waals surface area (Å²) >= 11 is 15.2. The lowest BCUT2D eigenvalue weighted by Gasteiger charge is -2.10. The highest BCUT2D eigenvalue weighted by molar-refractivity contribution is 9.10. The zero-order chi connectivity index (χ0) is 15.2. The molecular weight excluding hydrogens is 369 g/mol. The van der Waals surface area contributed by atoms with E-state index in [4.69, 9.17) is 28.3 Å². The van der Waals surface area contributed by atoms with E-state index in [-0.39, 0.29) is 10.9 Å². The van der Waals surface area contributed by atoms with Crippen molar-refractivity contribution in [3.05, 3.63) is 26.7 Å². The minimum Gasteiger partial charge on any atom is -0.481 e. The number of halogens is 3. The molecule has 20 heavy (non-hydrogen) atoms. The third-order valence-electron chi connectivity index (χ3n) is 3.67. The lowest BCUT2D eigenvalue weighted by Crippen LogP contribution is -2.18. The lowest BCUT2D eigenvalue weighted by atomic mass is 10.1. The van der Waals surface area contributed by atoms with Gasteiger partial charge in [-0.2, -0.15) is 0 Å². The van der Waals surface area contributed by atoms with Gasteiger partial charge in [0.2, 0.25) is 5.91 Å². The molecule has 4 nitrogen and oxygen atoms in total. The molecule has 1 aliphatic rings. The van der Waals surface area contributed by atoms with Crippen LogP contribution in [0.25, 0.3) is 0 Å². The second-order valence-electron chi connectivity index (χ2n) is 5.33. The topological polar surface area (TPSA) is 66.4 Å². The van der Waals surface area contributed by atoms with Crippen molar-refractivity contribution in [1.82, 2.24) is 0 Å². The SMILES string of the molecule is CC1(C)[C@H](C(=O)O)[C@@H]1C(=O)Nc1ccc(Br)c(Cl)c1Cl. The number of carbonyl (C=O) groups excluding carboxylic acids is 1. The smallest absolute Gasteiger partial charge is 0.307 e. The molecule has 1 saturated carbocycles. The van der Waals surface area contributed by atoms with Crippen molar-refractivity contribution in [2.24, 2.45) is 17.3 Å². The van der Waals surface area contributed by atoms with Gasteiger partial charge in [-0.25, -0.2) is 0 Å². The average Bonchev–Trinajstić information content (AvgIpc) is 2.93. The predicted octanol–water partition coefficient (Wildman–Crippen LogP) is 4.05. The third kappa shape index (κ3) is 2.54.